The van der Waals surface area contributed by atoms with Crippen LogP contribution in [0.4, 0.5) is 5.69 Å². The summed E-state index contributed by atoms with van der Waals surface area (Å²) in [5.74, 6) is -0.482. The number of carbonyl (C=O) groups is 1. The summed E-state index contributed by atoms with van der Waals surface area (Å²) < 4.78 is 0.798. The normalized spacial score (nSPS) is 13.6. The zero-order valence-electron chi connectivity index (χ0n) is 9.70. The highest BCUT2D eigenvalue weighted by Crippen LogP contribution is 2.21. The third kappa shape index (κ3) is 3.55. The quantitative estimate of drug-likeness (QED) is 0.897. The van der Waals surface area contributed by atoms with Crippen LogP contribution in [0, 0.1) is 17.2 Å². The van der Waals surface area contributed by atoms with Crippen molar-refractivity contribution in [2.45, 2.75) is 19.9 Å². The molecular weight excluding hydrogens is 282 g/mol. The molecule has 1 aromatic carbocycles. The molecule has 0 aromatic heterocycles. The minimum atomic E-state index is -0.301. The first-order valence-electron chi connectivity index (χ1n) is 5.21. The SMILES string of the molecule is CC(N)C(C)C(=O)Nc1ccc(Br)cc1C#N. The number of hydrogen-bond acceptors (Lipinski definition) is 3. The van der Waals surface area contributed by atoms with Crippen molar-refractivity contribution in [3.8, 4) is 6.07 Å². The monoisotopic (exact) mass is 295 g/mol. The van der Waals surface area contributed by atoms with Gasteiger partial charge in [-0.2, -0.15) is 5.26 Å². The Bertz CT molecular complexity index is 465. The topological polar surface area (TPSA) is 78.9 Å². The van der Waals surface area contributed by atoms with E-state index in [1.165, 1.54) is 0 Å². The van der Waals surface area contributed by atoms with Crippen LogP contribution in [0.25, 0.3) is 0 Å². The van der Waals surface area contributed by atoms with E-state index in [0.717, 1.165) is 4.47 Å². The number of carbonyl (C=O) groups excluding carboxylic acids is 1. The molecule has 5 heteroatoms. The third-order valence-corrected chi connectivity index (χ3v) is 3.06. The highest BCUT2D eigenvalue weighted by Gasteiger charge is 2.18. The molecule has 4 nitrogen and oxygen atoms in total. The predicted molar refractivity (Wildman–Crippen MR) is 70.3 cm³/mol. The van der Waals surface area contributed by atoms with E-state index in [4.69, 9.17) is 11.0 Å². The summed E-state index contributed by atoms with van der Waals surface area (Å²) in [6.45, 7) is 3.53. The van der Waals surface area contributed by atoms with Gasteiger partial charge in [0.15, 0.2) is 0 Å². The van der Waals surface area contributed by atoms with Gasteiger partial charge in [0.25, 0.3) is 0 Å². The van der Waals surface area contributed by atoms with Crippen molar-refractivity contribution in [2.24, 2.45) is 11.7 Å². The summed E-state index contributed by atoms with van der Waals surface area (Å²) in [5.41, 5.74) is 6.58. The molecule has 17 heavy (non-hydrogen) atoms. The average Bonchev–Trinajstić information content (AvgIpc) is 2.30. The zero-order valence-corrected chi connectivity index (χ0v) is 11.3. The summed E-state index contributed by atoms with van der Waals surface area (Å²) in [6, 6.07) is 6.93. The van der Waals surface area contributed by atoms with E-state index in [1.807, 2.05) is 6.07 Å². The Morgan fingerprint density at radius 1 is 1.53 bits per heavy atom. The molecule has 3 N–H and O–H groups in total. The maximum absolute atomic E-state index is 11.8. The van der Waals surface area contributed by atoms with Crippen LogP contribution in [0.5, 0.6) is 0 Å². The van der Waals surface area contributed by atoms with Gasteiger partial charge in [-0.15, -0.1) is 0 Å². The van der Waals surface area contributed by atoms with Crippen LogP contribution in [0.15, 0.2) is 22.7 Å². The largest absolute Gasteiger partial charge is 0.327 e. The van der Waals surface area contributed by atoms with Gasteiger partial charge in [-0.25, -0.2) is 0 Å². The fourth-order valence-electron chi connectivity index (χ4n) is 1.20. The lowest BCUT2D eigenvalue weighted by Gasteiger charge is -2.15. The van der Waals surface area contributed by atoms with Crippen LogP contribution in [-0.2, 0) is 4.79 Å². The van der Waals surface area contributed by atoms with Crippen LogP contribution in [-0.4, -0.2) is 11.9 Å². The second-order valence-corrected chi connectivity index (χ2v) is 4.85. The van der Waals surface area contributed by atoms with E-state index in [-0.39, 0.29) is 17.9 Å². The summed E-state index contributed by atoms with van der Waals surface area (Å²) in [7, 11) is 0. The summed E-state index contributed by atoms with van der Waals surface area (Å²) >= 11 is 3.27. The Morgan fingerprint density at radius 3 is 2.71 bits per heavy atom. The Hall–Kier alpha value is -1.38. The Kier molecular flexibility index (Phi) is 4.67. The van der Waals surface area contributed by atoms with Gasteiger partial charge in [0.05, 0.1) is 17.2 Å². The number of benzene rings is 1. The molecule has 0 fully saturated rings. The van der Waals surface area contributed by atoms with E-state index in [9.17, 15) is 4.79 Å². The molecule has 0 aliphatic heterocycles. The van der Waals surface area contributed by atoms with Gasteiger partial charge in [0.2, 0.25) is 5.91 Å². The van der Waals surface area contributed by atoms with Gasteiger partial charge < -0.3 is 11.1 Å². The van der Waals surface area contributed by atoms with Crippen molar-refractivity contribution >= 4 is 27.5 Å². The Balaban J connectivity index is 2.89. The Morgan fingerprint density at radius 2 is 2.18 bits per heavy atom. The molecule has 2 unspecified atom stereocenters. The molecule has 0 spiro atoms. The van der Waals surface area contributed by atoms with Gasteiger partial charge in [-0.1, -0.05) is 22.9 Å². The minimum Gasteiger partial charge on any atom is -0.327 e. The standard InChI is InChI=1S/C12H14BrN3O/c1-7(8(2)15)12(17)16-11-4-3-10(13)5-9(11)6-14/h3-5,7-8H,15H2,1-2H3,(H,16,17). The molecule has 1 amide bonds. The number of hydrogen-bond donors (Lipinski definition) is 2. The fraction of sp³-hybridized carbons (Fsp3) is 0.333. The molecule has 0 saturated carbocycles. The molecule has 0 bridgehead atoms. The maximum Gasteiger partial charge on any atom is 0.228 e. The lowest BCUT2D eigenvalue weighted by Crippen LogP contribution is -2.34. The number of nitrogens with zero attached hydrogens (tertiary/aromatic N) is 1. The van der Waals surface area contributed by atoms with E-state index >= 15 is 0 Å². The molecular formula is C12H14BrN3O. The lowest BCUT2D eigenvalue weighted by atomic mass is 10.0. The van der Waals surface area contributed by atoms with Crippen LogP contribution < -0.4 is 11.1 Å². The average molecular weight is 296 g/mol. The van der Waals surface area contributed by atoms with Gasteiger partial charge in [-0.05, 0) is 25.1 Å². The number of halogens is 1. The number of amides is 1. The van der Waals surface area contributed by atoms with E-state index in [2.05, 4.69) is 21.2 Å². The van der Waals surface area contributed by atoms with Gasteiger partial charge >= 0.3 is 0 Å². The highest BCUT2D eigenvalue weighted by atomic mass is 79.9. The summed E-state index contributed by atoms with van der Waals surface area (Å²) in [6.07, 6.45) is 0. The number of anilines is 1. The molecule has 0 radical (unpaired) electrons. The van der Waals surface area contributed by atoms with Crippen molar-refractivity contribution in [3.63, 3.8) is 0 Å². The smallest absolute Gasteiger partial charge is 0.228 e. The molecule has 0 aliphatic carbocycles. The van der Waals surface area contributed by atoms with Crippen molar-refractivity contribution in [1.29, 1.82) is 5.26 Å². The first kappa shape index (κ1) is 13.7. The van der Waals surface area contributed by atoms with Crippen LogP contribution in [0.3, 0.4) is 0 Å². The van der Waals surface area contributed by atoms with Crippen molar-refractivity contribution in [2.75, 3.05) is 5.32 Å². The second-order valence-electron chi connectivity index (χ2n) is 3.94. The highest BCUT2D eigenvalue weighted by molar-refractivity contribution is 9.10. The molecule has 0 saturated heterocycles. The van der Waals surface area contributed by atoms with Crippen LogP contribution >= 0.6 is 15.9 Å². The maximum atomic E-state index is 11.8. The van der Waals surface area contributed by atoms with Gasteiger partial charge in [-0.3, -0.25) is 4.79 Å². The van der Waals surface area contributed by atoms with Crippen LogP contribution in [0.1, 0.15) is 19.4 Å². The Labute approximate surface area is 109 Å². The number of nitrogens with two attached hydrogens (primary N) is 1. The van der Waals surface area contributed by atoms with Crippen molar-refractivity contribution in [1.82, 2.24) is 0 Å². The van der Waals surface area contributed by atoms with Crippen LogP contribution in [0.2, 0.25) is 0 Å². The van der Waals surface area contributed by atoms with Crippen molar-refractivity contribution < 1.29 is 4.79 Å². The number of nitrogens with one attached hydrogen (secondary N) is 1. The summed E-state index contributed by atoms with van der Waals surface area (Å²) in [5, 5.41) is 11.7. The second kappa shape index (κ2) is 5.80. The first-order valence-corrected chi connectivity index (χ1v) is 6.01. The summed E-state index contributed by atoms with van der Waals surface area (Å²) in [4.78, 5) is 11.8. The fourth-order valence-corrected chi connectivity index (χ4v) is 1.56. The zero-order chi connectivity index (χ0) is 13.0. The van der Waals surface area contributed by atoms with E-state index in [1.54, 1.807) is 32.0 Å². The van der Waals surface area contributed by atoms with Crippen molar-refractivity contribution in [3.05, 3.63) is 28.2 Å². The lowest BCUT2D eigenvalue weighted by molar-refractivity contribution is -0.119. The number of nitriles is 1. The molecule has 1 rings (SSSR count). The van der Waals surface area contributed by atoms with Gasteiger partial charge in [0, 0.05) is 10.5 Å². The van der Waals surface area contributed by atoms with E-state index in [0.29, 0.717) is 11.3 Å². The number of rotatable bonds is 3. The molecule has 0 heterocycles. The third-order valence-electron chi connectivity index (χ3n) is 2.56. The van der Waals surface area contributed by atoms with E-state index < -0.39 is 0 Å². The molecule has 2 atom stereocenters. The van der Waals surface area contributed by atoms with Gasteiger partial charge in [0.1, 0.15) is 6.07 Å². The minimum absolute atomic E-state index is 0.182. The molecule has 0 aliphatic rings. The predicted octanol–water partition coefficient (Wildman–Crippen LogP) is 2.24. The first-order chi connectivity index (χ1) is 7.95. The molecule has 90 valence electrons. The molecule has 1 aromatic rings.